The smallest absolute Gasteiger partial charge is 0.333 e. The van der Waals surface area contributed by atoms with Crippen LogP contribution in [0.2, 0.25) is 0 Å². The molecular formula is C23H31N3O5S2. The minimum absolute atomic E-state index is 0.0562. The van der Waals surface area contributed by atoms with Crippen LogP contribution >= 0.6 is 11.3 Å². The molecule has 0 unspecified atom stereocenters. The van der Waals surface area contributed by atoms with Crippen LogP contribution in [0.4, 0.5) is 0 Å². The van der Waals surface area contributed by atoms with Crippen molar-refractivity contribution in [2.75, 3.05) is 6.61 Å². The molecule has 3 N–H and O–H groups in total. The number of nitrogens with zero attached hydrogens (tertiary/aromatic N) is 2. The second kappa shape index (κ2) is 10.7. The fraction of sp³-hybridized carbons (Fsp3) is 0.609. The molecule has 2 aromatic rings. The Morgan fingerprint density at radius 1 is 1.18 bits per heavy atom. The van der Waals surface area contributed by atoms with Crippen LogP contribution in [-0.2, 0) is 27.3 Å². The highest BCUT2D eigenvalue weighted by Crippen LogP contribution is 2.35. The van der Waals surface area contributed by atoms with E-state index >= 15 is 0 Å². The largest absolute Gasteiger partial charge is 0.393 e. The Hall–Kier alpha value is -1.72. The van der Waals surface area contributed by atoms with Crippen molar-refractivity contribution in [1.29, 1.82) is 0 Å². The predicted molar refractivity (Wildman–Crippen MR) is 125 cm³/mol. The fourth-order valence-corrected chi connectivity index (χ4v) is 6.43. The third-order valence-corrected chi connectivity index (χ3v) is 8.29. The summed E-state index contributed by atoms with van der Waals surface area (Å²) in [7, 11) is -4.04. The first-order valence-electron chi connectivity index (χ1n) is 11.5. The molecule has 8 nitrogen and oxygen atoms in total. The Balaban J connectivity index is 1.41. The first-order valence-corrected chi connectivity index (χ1v) is 13.9. The molecule has 0 saturated heterocycles. The van der Waals surface area contributed by atoms with E-state index in [1.165, 1.54) is 55.3 Å². The highest BCUT2D eigenvalue weighted by molar-refractivity contribution is 7.84. The summed E-state index contributed by atoms with van der Waals surface area (Å²) < 4.78 is 26.8. The van der Waals surface area contributed by atoms with E-state index < -0.39 is 16.4 Å². The Kier molecular flexibility index (Phi) is 7.91. The maximum Gasteiger partial charge on any atom is 0.333 e. The number of aliphatic hydroxyl groups is 1. The zero-order valence-corrected chi connectivity index (χ0v) is 20.2. The monoisotopic (exact) mass is 493 g/mol. The van der Waals surface area contributed by atoms with E-state index in [0.29, 0.717) is 41.3 Å². The van der Waals surface area contributed by atoms with Crippen LogP contribution in [0.3, 0.4) is 0 Å². The van der Waals surface area contributed by atoms with Crippen molar-refractivity contribution in [2.45, 2.75) is 63.9 Å². The van der Waals surface area contributed by atoms with Crippen LogP contribution in [0.5, 0.6) is 0 Å². The Bertz CT molecular complexity index is 1070. The summed E-state index contributed by atoms with van der Waals surface area (Å²) in [5, 5.41) is 17.3. The molecule has 4 rings (SSSR count). The fourth-order valence-electron chi connectivity index (χ4n) is 5.18. The standard InChI is InChI=1S/C23H31N3O5S2/c24-33(29,30)31-12-18-7-16(9-21(18)27)8-20-19(11-25-14-26-20)23(28)22-10-17(13-32-22)6-15-4-2-1-3-5-15/h10-11,13-16,18,21,27H,1-9,12H2,(H2,24,29,30)/t16-,18+,21-/m0/s1. The zero-order valence-electron chi connectivity index (χ0n) is 18.6. The first-order chi connectivity index (χ1) is 15.8. The van der Waals surface area contributed by atoms with Crippen molar-refractivity contribution in [2.24, 2.45) is 22.9 Å². The van der Waals surface area contributed by atoms with E-state index in [0.717, 1.165) is 6.42 Å². The molecule has 0 aliphatic heterocycles. The number of aromatic nitrogens is 2. The molecule has 180 valence electrons. The molecular weight excluding hydrogens is 462 g/mol. The summed E-state index contributed by atoms with van der Waals surface area (Å²) in [6, 6.07) is 2.01. The highest BCUT2D eigenvalue weighted by atomic mass is 32.2. The van der Waals surface area contributed by atoms with Crippen LogP contribution in [0.25, 0.3) is 0 Å². The van der Waals surface area contributed by atoms with Crippen LogP contribution < -0.4 is 5.14 Å². The lowest BCUT2D eigenvalue weighted by atomic mass is 9.85. The molecule has 2 aromatic heterocycles. The number of nitrogens with two attached hydrogens (primary N) is 1. The van der Waals surface area contributed by atoms with Crippen LogP contribution in [0.1, 0.15) is 71.4 Å². The minimum Gasteiger partial charge on any atom is -0.393 e. The summed E-state index contributed by atoms with van der Waals surface area (Å²) in [5.74, 6) is 0.375. The van der Waals surface area contributed by atoms with Crippen molar-refractivity contribution in [3.63, 3.8) is 0 Å². The molecule has 0 bridgehead atoms. The van der Waals surface area contributed by atoms with Gasteiger partial charge in [0.1, 0.15) is 6.33 Å². The van der Waals surface area contributed by atoms with Crippen molar-refractivity contribution >= 4 is 27.4 Å². The van der Waals surface area contributed by atoms with E-state index in [9.17, 15) is 18.3 Å². The van der Waals surface area contributed by atoms with Gasteiger partial charge in [-0.15, -0.1) is 11.3 Å². The lowest BCUT2D eigenvalue weighted by Crippen LogP contribution is -2.24. The molecule has 0 radical (unpaired) electrons. The molecule has 3 atom stereocenters. The van der Waals surface area contributed by atoms with Gasteiger partial charge in [0.25, 0.3) is 0 Å². The third-order valence-electron chi connectivity index (χ3n) is 6.85. The summed E-state index contributed by atoms with van der Waals surface area (Å²) in [6.45, 7) is -0.148. The van der Waals surface area contributed by atoms with Crippen LogP contribution in [0.15, 0.2) is 24.0 Å². The Morgan fingerprint density at radius 2 is 1.97 bits per heavy atom. The molecule has 2 saturated carbocycles. The first kappa shape index (κ1) is 24.4. The quantitative estimate of drug-likeness (QED) is 0.513. The van der Waals surface area contributed by atoms with Crippen molar-refractivity contribution < 1.29 is 22.5 Å². The summed E-state index contributed by atoms with van der Waals surface area (Å²) in [5.41, 5.74) is 2.37. The second-order valence-corrected chi connectivity index (χ2v) is 11.5. The van der Waals surface area contributed by atoms with Gasteiger partial charge in [0.15, 0.2) is 0 Å². The summed E-state index contributed by atoms with van der Waals surface area (Å²) >= 11 is 1.47. The Morgan fingerprint density at radius 3 is 2.73 bits per heavy atom. The van der Waals surface area contributed by atoms with Crippen LogP contribution in [-0.4, -0.2) is 42.0 Å². The van der Waals surface area contributed by atoms with Gasteiger partial charge in [-0.1, -0.05) is 32.1 Å². The highest BCUT2D eigenvalue weighted by Gasteiger charge is 2.35. The molecule has 0 aromatic carbocycles. The van der Waals surface area contributed by atoms with E-state index in [4.69, 9.17) is 5.14 Å². The SMILES string of the molecule is NS(=O)(=O)OC[C@H]1C[C@@H](Cc2ncncc2C(=O)c2cc(CC3CCCCC3)cs2)C[C@@H]1O. The predicted octanol–water partition coefficient (Wildman–Crippen LogP) is 3.04. The van der Waals surface area contributed by atoms with E-state index in [1.54, 1.807) is 6.20 Å². The van der Waals surface area contributed by atoms with Crippen molar-refractivity contribution in [1.82, 2.24) is 9.97 Å². The number of ketones is 1. The molecule has 2 fully saturated rings. The molecule has 2 aliphatic rings. The number of hydrogen-bond acceptors (Lipinski definition) is 8. The molecule has 33 heavy (non-hydrogen) atoms. The lowest BCUT2D eigenvalue weighted by molar-refractivity contribution is 0.100. The average Bonchev–Trinajstić information content (AvgIpc) is 3.38. The van der Waals surface area contributed by atoms with Gasteiger partial charge in [0.05, 0.1) is 28.8 Å². The number of hydrogen-bond donors (Lipinski definition) is 2. The number of rotatable bonds is 9. The maximum atomic E-state index is 13.3. The third kappa shape index (κ3) is 6.66. The van der Waals surface area contributed by atoms with E-state index in [2.05, 4.69) is 19.5 Å². The Labute approximate surface area is 198 Å². The van der Waals surface area contributed by atoms with Crippen molar-refractivity contribution in [3.05, 3.63) is 45.7 Å². The lowest BCUT2D eigenvalue weighted by Gasteiger charge is -2.20. The van der Waals surface area contributed by atoms with Gasteiger partial charge >= 0.3 is 10.3 Å². The average molecular weight is 494 g/mol. The molecule has 2 heterocycles. The number of aliphatic hydroxyl groups excluding tert-OH is 1. The molecule has 0 amide bonds. The molecule has 10 heteroatoms. The van der Waals surface area contributed by atoms with Gasteiger partial charge in [0, 0.05) is 12.1 Å². The molecule has 0 spiro atoms. The number of carbonyl (C=O) groups excluding carboxylic acids is 1. The van der Waals surface area contributed by atoms with Gasteiger partial charge < -0.3 is 5.11 Å². The van der Waals surface area contributed by atoms with E-state index in [-0.39, 0.29) is 24.2 Å². The minimum atomic E-state index is -4.04. The van der Waals surface area contributed by atoms with Gasteiger partial charge in [-0.2, -0.15) is 8.42 Å². The summed E-state index contributed by atoms with van der Waals surface area (Å²) in [6.07, 6.45) is 11.4. The van der Waals surface area contributed by atoms with Crippen LogP contribution in [0, 0.1) is 17.8 Å². The van der Waals surface area contributed by atoms with Crippen molar-refractivity contribution in [3.8, 4) is 0 Å². The zero-order chi connectivity index (χ0) is 23.4. The normalized spacial score (nSPS) is 24.2. The summed E-state index contributed by atoms with van der Waals surface area (Å²) in [4.78, 5) is 22.4. The maximum absolute atomic E-state index is 13.3. The molecule has 2 aliphatic carbocycles. The van der Waals surface area contributed by atoms with Gasteiger partial charge in [-0.3, -0.25) is 8.98 Å². The number of carbonyl (C=O) groups is 1. The second-order valence-electron chi connectivity index (χ2n) is 9.39. The van der Waals surface area contributed by atoms with Gasteiger partial charge in [0.2, 0.25) is 5.78 Å². The topological polar surface area (TPSA) is 132 Å². The van der Waals surface area contributed by atoms with Gasteiger partial charge in [-0.05, 0) is 54.5 Å². The van der Waals surface area contributed by atoms with Gasteiger partial charge in [-0.25, -0.2) is 15.1 Å². The number of thiophene rings is 1. The van der Waals surface area contributed by atoms with E-state index in [1.807, 2.05) is 6.07 Å².